The Kier molecular flexibility index (Phi) is 3.73. The summed E-state index contributed by atoms with van der Waals surface area (Å²) in [5.41, 5.74) is 0.157. The van der Waals surface area contributed by atoms with Crippen LogP contribution in [0.25, 0.3) is 0 Å². The number of benzene rings is 1. The number of halogens is 1. The molecule has 0 aromatic heterocycles. The number of hydrogen-bond donors (Lipinski definition) is 0. The summed E-state index contributed by atoms with van der Waals surface area (Å²) in [6, 6.07) is 7.83. The molecule has 1 aliphatic rings. The normalized spacial score (nSPS) is 24.5. The Balaban J connectivity index is 2.27. The second-order valence-electron chi connectivity index (χ2n) is 4.46. The van der Waals surface area contributed by atoms with Crippen molar-refractivity contribution in [2.45, 2.75) is 25.4 Å². The van der Waals surface area contributed by atoms with Crippen LogP contribution in [0.15, 0.2) is 24.3 Å². The first-order valence-electron chi connectivity index (χ1n) is 5.94. The van der Waals surface area contributed by atoms with Gasteiger partial charge in [-0.05, 0) is 19.4 Å². The van der Waals surface area contributed by atoms with Crippen LogP contribution in [0.1, 0.15) is 24.8 Å². The molecular weight excluding hydrogens is 233 g/mol. The Labute approximate surface area is 105 Å². The minimum absolute atomic E-state index is 0.157. The van der Waals surface area contributed by atoms with Gasteiger partial charge in [0.25, 0.3) is 0 Å². The van der Waals surface area contributed by atoms with Crippen molar-refractivity contribution < 1.29 is 13.9 Å². The number of Topliss-reactive ketones (excluding diaryl/α,β-unsaturated/α-hetero) is 1. The van der Waals surface area contributed by atoms with Crippen molar-refractivity contribution in [2.24, 2.45) is 5.92 Å². The Morgan fingerprint density at radius 2 is 2.28 bits per heavy atom. The molecule has 1 aromatic carbocycles. The minimum atomic E-state index is -1.04. The van der Waals surface area contributed by atoms with E-state index in [0.717, 1.165) is 0 Å². The summed E-state index contributed by atoms with van der Waals surface area (Å²) < 4.78 is 19.0. The summed E-state index contributed by atoms with van der Waals surface area (Å²) in [4.78, 5) is 12.3. The van der Waals surface area contributed by atoms with Crippen LogP contribution >= 0.6 is 0 Å². The monoisotopic (exact) mass is 247 g/mol. The molecule has 0 radical (unpaired) electrons. The quantitative estimate of drug-likeness (QED) is 0.824. The lowest BCUT2D eigenvalue weighted by Crippen LogP contribution is -2.27. The number of carbonyl (C=O) groups is 1. The van der Waals surface area contributed by atoms with Crippen molar-refractivity contribution in [3.63, 3.8) is 0 Å². The summed E-state index contributed by atoms with van der Waals surface area (Å²) in [5, 5.41) is 9.14. The molecule has 1 heterocycles. The Morgan fingerprint density at radius 3 is 2.83 bits per heavy atom. The molecule has 18 heavy (non-hydrogen) atoms. The van der Waals surface area contributed by atoms with Gasteiger partial charge in [0, 0.05) is 18.1 Å². The topological polar surface area (TPSA) is 50.1 Å². The molecule has 0 N–H and O–H groups in total. The van der Waals surface area contributed by atoms with E-state index in [4.69, 9.17) is 10.00 Å². The lowest BCUT2D eigenvalue weighted by molar-refractivity contribution is -0.124. The molecule has 0 aliphatic carbocycles. The molecule has 94 valence electrons. The fourth-order valence-electron chi connectivity index (χ4n) is 2.32. The van der Waals surface area contributed by atoms with Crippen LogP contribution in [-0.4, -0.2) is 18.5 Å². The average molecular weight is 247 g/mol. The largest absolute Gasteiger partial charge is 0.378 e. The molecule has 0 saturated carbocycles. The van der Waals surface area contributed by atoms with Gasteiger partial charge >= 0.3 is 0 Å². The minimum Gasteiger partial charge on any atom is -0.378 e. The molecule has 0 bridgehead atoms. The van der Waals surface area contributed by atoms with E-state index in [1.807, 2.05) is 13.0 Å². The standard InChI is InChI=1S/C14H14FNO2/c1-9-10(6-7-18-9)14(17)12(8-16)11-4-2-3-5-13(11)15/h2-5,9-10,12H,6-7H2,1H3. The van der Waals surface area contributed by atoms with Gasteiger partial charge in [0.15, 0.2) is 5.78 Å². The summed E-state index contributed by atoms with van der Waals surface area (Å²) in [6.07, 6.45) is 0.409. The van der Waals surface area contributed by atoms with E-state index in [2.05, 4.69) is 0 Å². The molecule has 2 rings (SSSR count). The number of nitriles is 1. The van der Waals surface area contributed by atoms with Crippen molar-refractivity contribution >= 4 is 5.78 Å². The first-order chi connectivity index (χ1) is 8.65. The van der Waals surface area contributed by atoms with Gasteiger partial charge in [-0.15, -0.1) is 0 Å². The maximum absolute atomic E-state index is 13.6. The molecule has 3 unspecified atom stereocenters. The summed E-state index contributed by atoms with van der Waals surface area (Å²) in [6.45, 7) is 2.33. The van der Waals surface area contributed by atoms with E-state index in [1.54, 1.807) is 12.1 Å². The fraction of sp³-hybridized carbons (Fsp3) is 0.429. The molecule has 1 aromatic rings. The molecular formula is C14H14FNO2. The van der Waals surface area contributed by atoms with Crippen LogP contribution in [-0.2, 0) is 9.53 Å². The van der Waals surface area contributed by atoms with E-state index in [-0.39, 0.29) is 23.4 Å². The highest BCUT2D eigenvalue weighted by molar-refractivity contribution is 5.91. The average Bonchev–Trinajstić information content (AvgIpc) is 2.78. The molecule has 3 atom stereocenters. The van der Waals surface area contributed by atoms with Crippen LogP contribution in [0.5, 0.6) is 0 Å². The van der Waals surface area contributed by atoms with Crippen LogP contribution in [0.2, 0.25) is 0 Å². The van der Waals surface area contributed by atoms with Gasteiger partial charge in [0.05, 0.1) is 12.2 Å². The van der Waals surface area contributed by atoms with Crippen LogP contribution < -0.4 is 0 Å². The SMILES string of the molecule is CC1OCCC1C(=O)C(C#N)c1ccccc1F. The lowest BCUT2D eigenvalue weighted by atomic mass is 9.85. The van der Waals surface area contributed by atoms with Gasteiger partial charge in [-0.25, -0.2) is 4.39 Å². The zero-order valence-electron chi connectivity index (χ0n) is 10.1. The Morgan fingerprint density at radius 1 is 1.56 bits per heavy atom. The van der Waals surface area contributed by atoms with Gasteiger partial charge < -0.3 is 4.74 Å². The molecule has 1 fully saturated rings. The Bertz CT molecular complexity index is 495. The second-order valence-corrected chi connectivity index (χ2v) is 4.46. The number of carbonyl (C=O) groups excluding carboxylic acids is 1. The maximum Gasteiger partial charge on any atom is 0.160 e. The van der Waals surface area contributed by atoms with Gasteiger partial charge in [-0.3, -0.25) is 4.79 Å². The van der Waals surface area contributed by atoms with Gasteiger partial charge in [-0.2, -0.15) is 5.26 Å². The molecule has 4 heteroatoms. The number of rotatable bonds is 3. The first kappa shape index (κ1) is 12.7. The molecule has 0 spiro atoms. The van der Waals surface area contributed by atoms with Crippen molar-refractivity contribution in [2.75, 3.05) is 6.61 Å². The van der Waals surface area contributed by atoms with E-state index in [0.29, 0.717) is 13.0 Å². The van der Waals surface area contributed by atoms with Gasteiger partial charge in [0.1, 0.15) is 11.7 Å². The van der Waals surface area contributed by atoms with E-state index >= 15 is 0 Å². The number of nitrogens with zero attached hydrogens (tertiary/aromatic N) is 1. The summed E-state index contributed by atoms with van der Waals surface area (Å²) >= 11 is 0. The van der Waals surface area contributed by atoms with Crippen molar-refractivity contribution in [3.8, 4) is 6.07 Å². The van der Waals surface area contributed by atoms with Gasteiger partial charge in [-0.1, -0.05) is 18.2 Å². The highest BCUT2D eigenvalue weighted by Gasteiger charge is 2.36. The van der Waals surface area contributed by atoms with Crippen LogP contribution in [0.3, 0.4) is 0 Å². The molecule has 0 amide bonds. The third-order valence-corrected chi connectivity index (χ3v) is 3.37. The number of hydrogen-bond acceptors (Lipinski definition) is 3. The zero-order chi connectivity index (χ0) is 13.1. The van der Waals surface area contributed by atoms with E-state index in [9.17, 15) is 9.18 Å². The Hall–Kier alpha value is -1.73. The predicted octanol–water partition coefficient (Wildman–Crippen LogP) is 2.43. The third kappa shape index (κ3) is 2.27. The molecule has 1 saturated heterocycles. The zero-order valence-corrected chi connectivity index (χ0v) is 10.1. The summed E-state index contributed by atoms with van der Waals surface area (Å²) in [5.74, 6) is -2.11. The van der Waals surface area contributed by atoms with Crippen LogP contribution in [0.4, 0.5) is 4.39 Å². The van der Waals surface area contributed by atoms with Crippen molar-refractivity contribution in [3.05, 3.63) is 35.6 Å². The smallest absolute Gasteiger partial charge is 0.160 e. The highest BCUT2D eigenvalue weighted by atomic mass is 19.1. The summed E-state index contributed by atoms with van der Waals surface area (Å²) in [7, 11) is 0. The van der Waals surface area contributed by atoms with Crippen LogP contribution in [0, 0.1) is 23.1 Å². The molecule has 1 aliphatic heterocycles. The second kappa shape index (κ2) is 5.28. The maximum atomic E-state index is 13.6. The molecule has 3 nitrogen and oxygen atoms in total. The fourth-order valence-corrected chi connectivity index (χ4v) is 2.32. The van der Waals surface area contributed by atoms with E-state index in [1.165, 1.54) is 12.1 Å². The highest BCUT2D eigenvalue weighted by Crippen LogP contribution is 2.29. The lowest BCUT2D eigenvalue weighted by Gasteiger charge is -2.16. The van der Waals surface area contributed by atoms with Gasteiger partial charge in [0.2, 0.25) is 0 Å². The number of ether oxygens (including phenoxy) is 1. The van der Waals surface area contributed by atoms with Crippen molar-refractivity contribution in [1.29, 1.82) is 5.26 Å². The predicted molar refractivity (Wildman–Crippen MR) is 63.3 cm³/mol. The van der Waals surface area contributed by atoms with E-state index < -0.39 is 11.7 Å². The number of ketones is 1. The van der Waals surface area contributed by atoms with Crippen molar-refractivity contribution in [1.82, 2.24) is 0 Å². The first-order valence-corrected chi connectivity index (χ1v) is 5.94. The third-order valence-electron chi connectivity index (χ3n) is 3.37.